The lowest BCUT2D eigenvalue weighted by atomic mass is 9.90. The van der Waals surface area contributed by atoms with Crippen molar-refractivity contribution in [1.82, 2.24) is 0 Å². The van der Waals surface area contributed by atoms with Gasteiger partial charge in [0.1, 0.15) is 7.85 Å². The minimum Gasteiger partial charge on any atom is -0.412 e. The summed E-state index contributed by atoms with van der Waals surface area (Å²) in [6.45, 7) is 4.08. The van der Waals surface area contributed by atoms with Gasteiger partial charge in [0.05, 0.1) is 0 Å². The molecular weight excluding hydrogens is 139 g/mol. The van der Waals surface area contributed by atoms with Crippen molar-refractivity contribution >= 4 is 13.3 Å². The Morgan fingerprint density at radius 2 is 1.64 bits per heavy atom. The summed E-state index contributed by atoms with van der Waals surface area (Å²) >= 11 is 0. The molecule has 1 aromatic rings. The molecule has 1 rings (SSSR count). The molecule has 3 heteroatoms. The summed E-state index contributed by atoms with van der Waals surface area (Å²) in [4.78, 5) is 0. The molecule has 0 heterocycles. The van der Waals surface area contributed by atoms with Gasteiger partial charge in [-0.1, -0.05) is 34.8 Å². The molecule has 0 aliphatic rings. The maximum atomic E-state index is 5.59. The summed E-state index contributed by atoms with van der Waals surface area (Å²) < 4.78 is 0. The van der Waals surface area contributed by atoms with Gasteiger partial charge in [0, 0.05) is 0 Å². The third kappa shape index (κ3) is 3.21. The standard InChI is InChI=1S/C8H9B.2H2O/c1-6-3-4-8(9)7(2)5-6;;/h3-5H,1-2H3;2*1H2. The normalized spacial score (nSPS) is 7.82. The van der Waals surface area contributed by atoms with E-state index in [2.05, 4.69) is 13.0 Å². The second-order valence-corrected chi connectivity index (χ2v) is 2.36. The van der Waals surface area contributed by atoms with Gasteiger partial charge in [-0.15, -0.1) is 0 Å². The van der Waals surface area contributed by atoms with E-state index in [4.69, 9.17) is 7.85 Å². The minimum atomic E-state index is 0. The molecule has 60 valence electrons. The molecule has 2 radical (unpaired) electrons. The lowest BCUT2D eigenvalue weighted by molar-refractivity contribution is 0.823. The van der Waals surface area contributed by atoms with E-state index >= 15 is 0 Å². The molecular formula is C8H13BO2. The lowest BCUT2D eigenvalue weighted by Crippen LogP contribution is -2.05. The van der Waals surface area contributed by atoms with Gasteiger partial charge in [-0.3, -0.25) is 0 Å². The highest BCUT2D eigenvalue weighted by Crippen LogP contribution is 1.97. The number of aryl methyl sites for hydroxylation is 2. The van der Waals surface area contributed by atoms with Crippen LogP contribution in [-0.2, 0) is 0 Å². The largest absolute Gasteiger partial charge is 0.412 e. The van der Waals surface area contributed by atoms with Gasteiger partial charge in [-0.2, -0.15) is 0 Å². The van der Waals surface area contributed by atoms with Crippen molar-refractivity contribution in [2.75, 3.05) is 0 Å². The second kappa shape index (κ2) is 4.94. The van der Waals surface area contributed by atoms with Crippen LogP contribution in [0.25, 0.3) is 0 Å². The van der Waals surface area contributed by atoms with Crippen molar-refractivity contribution in [1.29, 1.82) is 0 Å². The average molecular weight is 152 g/mol. The number of benzene rings is 1. The van der Waals surface area contributed by atoms with Crippen LogP contribution in [0.4, 0.5) is 0 Å². The van der Waals surface area contributed by atoms with Crippen molar-refractivity contribution in [2.45, 2.75) is 13.8 Å². The van der Waals surface area contributed by atoms with Crippen LogP contribution in [0.3, 0.4) is 0 Å². The summed E-state index contributed by atoms with van der Waals surface area (Å²) in [7, 11) is 5.59. The molecule has 0 amide bonds. The van der Waals surface area contributed by atoms with E-state index in [0.717, 1.165) is 11.0 Å². The molecule has 0 aromatic heterocycles. The molecule has 2 nitrogen and oxygen atoms in total. The van der Waals surface area contributed by atoms with Gasteiger partial charge in [0.25, 0.3) is 0 Å². The van der Waals surface area contributed by atoms with Crippen LogP contribution in [0.5, 0.6) is 0 Å². The van der Waals surface area contributed by atoms with E-state index in [0.29, 0.717) is 0 Å². The van der Waals surface area contributed by atoms with Crippen LogP contribution >= 0.6 is 0 Å². The van der Waals surface area contributed by atoms with E-state index in [9.17, 15) is 0 Å². The van der Waals surface area contributed by atoms with E-state index in [1.165, 1.54) is 5.56 Å². The predicted molar refractivity (Wildman–Crippen MR) is 48.5 cm³/mol. The topological polar surface area (TPSA) is 63.0 Å². The van der Waals surface area contributed by atoms with Gasteiger partial charge >= 0.3 is 0 Å². The molecule has 0 bridgehead atoms. The van der Waals surface area contributed by atoms with Crippen LogP contribution in [0, 0.1) is 13.8 Å². The lowest BCUT2D eigenvalue weighted by Gasteiger charge is -1.98. The molecule has 0 saturated heterocycles. The summed E-state index contributed by atoms with van der Waals surface area (Å²) in [5.41, 5.74) is 3.30. The van der Waals surface area contributed by atoms with Crippen LogP contribution in [-0.4, -0.2) is 18.8 Å². The van der Waals surface area contributed by atoms with Crippen molar-refractivity contribution in [3.63, 3.8) is 0 Å². The highest BCUT2D eigenvalue weighted by molar-refractivity contribution is 6.33. The summed E-state index contributed by atoms with van der Waals surface area (Å²) in [5.74, 6) is 0. The number of hydrogen-bond acceptors (Lipinski definition) is 0. The average Bonchev–Trinajstić information content (AvgIpc) is 1.80. The van der Waals surface area contributed by atoms with Gasteiger partial charge in [0.15, 0.2) is 0 Å². The third-order valence-corrected chi connectivity index (χ3v) is 1.43. The van der Waals surface area contributed by atoms with E-state index in [-0.39, 0.29) is 11.0 Å². The van der Waals surface area contributed by atoms with Crippen molar-refractivity contribution in [3.8, 4) is 0 Å². The fraction of sp³-hybridized carbons (Fsp3) is 0.250. The van der Waals surface area contributed by atoms with Gasteiger partial charge in [-0.05, 0) is 13.8 Å². The molecule has 0 atom stereocenters. The van der Waals surface area contributed by atoms with Gasteiger partial charge in [0.2, 0.25) is 0 Å². The zero-order chi connectivity index (χ0) is 6.85. The summed E-state index contributed by atoms with van der Waals surface area (Å²) in [6.07, 6.45) is 0. The molecule has 4 N–H and O–H groups in total. The second-order valence-electron chi connectivity index (χ2n) is 2.36. The van der Waals surface area contributed by atoms with Crippen LogP contribution in [0.2, 0.25) is 0 Å². The zero-order valence-corrected chi connectivity index (χ0v) is 6.81. The fourth-order valence-corrected chi connectivity index (χ4v) is 0.826. The molecule has 0 fully saturated rings. The first-order valence-electron chi connectivity index (χ1n) is 3.03. The maximum Gasteiger partial charge on any atom is 0.114 e. The van der Waals surface area contributed by atoms with Crippen LogP contribution in [0.15, 0.2) is 18.2 Å². The Balaban J connectivity index is 0. The monoisotopic (exact) mass is 152 g/mol. The Labute approximate surface area is 68.3 Å². The highest BCUT2D eigenvalue weighted by atomic mass is 16.0. The van der Waals surface area contributed by atoms with Crippen molar-refractivity contribution in [2.24, 2.45) is 0 Å². The number of rotatable bonds is 0. The van der Waals surface area contributed by atoms with Crippen molar-refractivity contribution < 1.29 is 11.0 Å². The molecule has 11 heavy (non-hydrogen) atoms. The first kappa shape index (κ1) is 12.8. The van der Waals surface area contributed by atoms with Crippen molar-refractivity contribution in [3.05, 3.63) is 29.3 Å². The Kier molecular flexibility index (Phi) is 5.76. The quantitative estimate of drug-likeness (QED) is 0.447. The zero-order valence-electron chi connectivity index (χ0n) is 6.81. The number of hydrogen-bond donors (Lipinski definition) is 0. The first-order chi connectivity index (χ1) is 4.20. The Morgan fingerprint density at radius 3 is 2.00 bits per heavy atom. The molecule has 0 aliphatic heterocycles. The van der Waals surface area contributed by atoms with Crippen LogP contribution in [0.1, 0.15) is 11.1 Å². The fourth-order valence-electron chi connectivity index (χ4n) is 0.826. The van der Waals surface area contributed by atoms with Crippen LogP contribution < -0.4 is 5.46 Å². The van der Waals surface area contributed by atoms with E-state index in [1.807, 2.05) is 19.1 Å². The molecule has 0 aliphatic carbocycles. The van der Waals surface area contributed by atoms with E-state index in [1.54, 1.807) is 0 Å². The first-order valence-corrected chi connectivity index (χ1v) is 3.03. The smallest absolute Gasteiger partial charge is 0.114 e. The van der Waals surface area contributed by atoms with Gasteiger partial charge < -0.3 is 11.0 Å². The molecule has 0 saturated carbocycles. The molecule has 0 spiro atoms. The van der Waals surface area contributed by atoms with E-state index < -0.39 is 0 Å². The maximum absolute atomic E-state index is 5.59. The predicted octanol–water partition coefficient (Wildman–Crippen LogP) is -0.552. The highest BCUT2D eigenvalue weighted by Gasteiger charge is 1.88. The Bertz CT molecular complexity index is 223. The molecule has 1 aromatic carbocycles. The van der Waals surface area contributed by atoms with Gasteiger partial charge in [-0.25, -0.2) is 0 Å². The Morgan fingerprint density at radius 1 is 1.09 bits per heavy atom. The minimum absolute atomic E-state index is 0. The Hall–Kier alpha value is -0.795. The summed E-state index contributed by atoms with van der Waals surface area (Å²) in [6, 6.07) is 6.03. The summed E-state index contributed by atoms with van der Waals surface area (Å²) in [5, 5.41) is 0. The SMILES string of the molecule is O.O.[B]c1ccc(C)cc1C. The molecule has 0 unspecified atom stereocenters. The third-order valence-electron chi connectivity index (χ3n) is 1.43.